The molecule has 0 saturated heterocycles. The lowest BCUT2D eigenvalue weighted by atomic mass is 10.1. The third kappa shape index (κ3) is 6.43. The molecule has 18 heavy (non-hydrogen) atoms. The number of carbonyl (C=O) groups excluding carboxylic acids is 1. The summed E-state index contributed by atoms with van der Waals surface area (Å²) in [6.45, 7) is 3.38. The summed E-state index contributed by atoms with van der Waals surface area (Å²) in [4.78, 5) is 23.7. The average Bonchev–Trinajstić information content (AvgIpc) is 2.19. The number of hydrogen-bond donors (Lipinski definition) is 2. The first kappa shape index (κ1) is 16.7. The number of nitrogens with one attached hydrogen (secondary N) is 1. The molecule has 0 aromatic carbocycles. The predicted molar refractivity (Wildman–Crippen MR) is 67.1 cm³/mol. The number of sulfone groups is 1. The van der Waals surface area contributed by atoms with Crippen LogP contribution in [0, 0.1) is 5.92 Å². The Morgan fingerprint density at radius 2 is 1.83 bits per heavy atom. The number of nitrogens with zero attached hydrogens (tertiary/aromatic N) is 1. The number of urea groups is 1. The molecule has 8 heteroatoms. The molecule has 0 saturated carbocycles. The Balaban J connectivity index is 4.43. The van der Waals surface area contributed by atoms with E-state index in [9.17, 15) is 18.0 Å². The molecule has 0 radical (unpaired) electrons. The van der Waals surface area contributed by atoms with Crippen LogP contribution in [0.25, 0.3) is 0 Å². The van der Waals surface area contributed by atoms with Gasteiger partial charge < -0.3 is 15.3 Å². The van der Waals surface area contributed by atoms with Crippen LogP contribution >= 0.6 is 0 Å². The molecule has 0 rings (SSSR count). The average molecular weight is 280 g/mol. The summed E-state index contributed by atoms with van der Waals surface area (Å²) < 4.78 is 21.9. The van der Waals surface area contributed by atoms with Crippen LogP contribution in [0.5, 0.6) is 0 Å². The van der Waals surface area contributed by atoms with Crippen molar-refractivity contribution in [2.24, 2.45) is 5.92 Å². The van der Waals surface area contributed by atoms with Gasteiger partial charge in [-0.3, -0.25) is 0 Å². The van der Waals surface area contributed by atoms with Gasteiger partial charge in [-0.15, -0.1) is 0 Å². The Bertz CT molecular complexity index is 404. The Hall–Kier alpha value is -1.31. The van der Waals surface area contributed by atoms with Gasteiger partial charge >= 0.3 is 12.0 Å². The maximum absolute atomic E-state index is 11.6. The molecule has 0 fully saturated rings. The second-order valence-electron chi connectivity index (χ2n) is 4.56. The summed E-state index contributed by atoms with van der Waals surface area (Å²) in [6, 6.07) is -1.59. The number of amides is 2. The van der Waals surface area contributed by atoms with Gasteiger partial charge in [0, 0.05) is 19.8 Å². The van der Waals surface area contributed by atoms with Crippen LogP contribution in [-0.2, 0) is 14.6 Å². The summed E-state index contributed by atoms with van der Waals surface area (Å²) in [5, 5.41) is 11.2. The van der Waals surface area contributed by atoms with Gasteiger partial charge in [-0.25, -0.2) is 18.0 Å². The second kappa shape index (κ2) is 6.58. The molecule has 0 heterocycles. The molecular formula is C10H20N2O5S. The minimum atomic E-state index is -3.15. The smallest absolute Gasteiger partial charge is 0.326 e. The number of hydrogen-bond acceptors (Lipinski definition) is 4. The SMILES string of the molecule is CC(C)C(NC(=O)N(C)CCS(C)(=O)=O)C(=O)O. The van der Waals surface area contributed by atoms with E-state index in [1.165, 1.54) is 7.05 Å². The van der Waals surface area contributed by atoms with Gasteiger partial charge in [-0.1, -0.05) is 13.8 Å². The van der Waals surface area contributed by atoms with E-state index in [2.05, 4.69) is 5.32 Å². The highest BCUT2D eigenvalue weighted by atomic mass is 32.2. The van der Waals surface area contributed by atoms with Gasteiger partial charge in [0.1, 0.15) is 15.9 Å². The molecule has 1 atom stereocenters. The van der Waals surface area contributed by atoms with Gasteiger partial charge in [0.15, 0.2) is 0 Å². The topological polar surface area (TPSA) is 104 Å². The van der Waals surface area contributed by atoms with Crippen molar-refractivity contribution in [1.82, 2.24) is 10.2 Å². The molecule has 0 spiro atoms. The first-order chi connectivity index (χ1) is 8.04. The van der Waals surface area contributed by atoms with Crippen LogP contribution in [0.4, 0.5) is 4.79 Å². The fourth-order valence-corrected chi connectivity index (χ4v) is 1.77. The minimum Gasteiger partial charge on any atom is -0.480 e. The van der Waals surface area contributed by atoms with E-state index < -0.39 is 27.9 Å². The molecule has 2 amide bonds. The van der Waals surface area contributed by atoms with Crippen molar-refractivity contribution >= 4 is 21.8 Å². The van der Waals surface area contributed by atoms with Crippen LogP contribution in [0.1, 0.15) is 13.8 Å². The Kier molecular flexibility index (Phi) is 6.10. The minimum absolute atomic E-state index is 0.0229. The van der Waals surface area contributed by atoms with Crippen LogP contribution in [0.3, 0.4) is 0 Å². The van der Waals surface area contributed by atoms with E-state index in [-0.39, 0.29) is 18.2 Å². The third-order valence-electron chi connectivity index (χ3n) is 2.36. The lowest BCUT2D eigenvalue weighted by molar-refractivity contribution is -0.140. The summed E-state index contributed by atoms with van der Waals surface area (Å²) in [7, 11) is -1.74. The fourth-order valence-electron chi connectivity index (χ4n) is 1.16. The van der Waals surface area contributed by atoms with Crippen molar-refractivity contribution in [3.63, 3.8) is 0 Å². The molecule has 1 unspecified atom stereocenters. The lowest BCUT2D eigenvalue weighted by Crippen LogP contribution is -2.49. The zero-order valence-electron chi connectivity index (χ0n) is 11.0. The van der Waals surface area contributed by atoms with Crippen molar-refractivity contribution in [2.75, 3.05) is 25.6 Å². The van der Waals surface area contributed by atoms with Crippen molar-refractivity contribution in [1.29, 1.82) is 0 Å². The van der Waals surface area contributed by atoms with E-state index >= 15 is 0 Å². The zero-order chi connectivity index (χ0) is 14.5. The van der Waals surface area contributed by atoms with Crippen molar-refractivity contribution in [3.8, 4) is 0 Å². The molecule has 0 bridgehead atoms. The first-order valence-corrected chi connectivity index (χ1v) is 7.53. The van der Waals surface area contributed by atoms with Crippen LogP contribution in [0.2, 0.25) is 0 Å². The number of carboxylic acid groups (broad SMARTS) is 1. The highest BCUT2D eigenvalue weighted by Crippen LogP contribution is 2.02. The van der Waals surface area contributed by atoms with Crippen molar-refractivity contribution in [3.05, 3.63) is 0 Å². The monoisotopic (exact) mass is 280 g/mol. The Labute approximate surface area is 107 Å². The summed E-state index contributed by atoms with van der Waals surface area (Å²) in [5.74, 6) is -1.53. The highest BCUT2D eigenvalue weighted by Gasteiger charge is 2.24. The fraction of sp³-hybridized carbons (Fsp3) is 0.800. The lowest BCUT2D eigenvalue weighted by Gasteiger charge is -2.23. The molecule has 0 aromatic heterocycles. The van der Waals surface area contributed by atoms with Crippen molar-refractivity contribution < 1.29 is 23.1 Å². The maximum atomic E-state index is 11.6. The van der Waals surface area contributed by atoms with Gasteiger partial charge in [0.2, 0.25) is 0 Å². The molecule has 7 nitrogen and oxygen atoms in total. The Morgan fingerprint density at radius 1 is 1.33 bits per heavy atom. The standard InChI is InChI=1S/C10H20N2O5S/c1-7(2)8(9(13)14)11-10(15)12(3)5-6-18(4,16)17/h7-8H,5-6H2,1-4H3,(H,11,15)(H,13,14). The summed E-state index contributed by atoms with van der Waals surface area (Å²) in [6.07, 6.45) is 1.08. The van der Waals surface area contributed by atoms with E-state index in [0.717, 1.165) is 11.2 Å². The van der Waals surface area contributed by atoms with Gasteiger partial charge in [-0.05, 0) is 5.92 Å². The number of aliphatic carboxylic acids is 1. The summed E-state index contributed by atoms with van der Waals surface area (Å²) >= 11 is 0. The predicted octanol–water partition coefficient (Wildman–Crippen LogP) is -0.218. The van der Waals surface area contributed by atoms with Crippen LogP contribution < -0.4 is 5.32 Å². The van der Waals surface area contributed by atoms with Gasteiger partial charge in [0.25, 0.3) is 0 Å². The number of carboxylic acids is 1. The number of rotatable bonds is 6. The number of carbonyl (C=O) groups is 2. The molecule has 106 valence electrons. The largest absolute Gasteiger partial charge is 0.480 e. The zero-order valence-corrected chi connectivity index (χ0v) is 11.8. The van der Waals surface area contributed by atoms with E-state index in [1.807, 2.05) is 0 Å². The second-order valence-corrected chi connectivity index (χ2v) is 6.82. The maximum Gasteiger partial charge on any atom is 0.326 e. The van der Waals surface area contributed by atoms with E-state index in [0.29, 0.717) is 0 Å². The summed E-state index contributed by atoms with van der Waals surface area (Å²) in [5.41, 5.74) is 0. The molecular weight excluding hydrogens is 260 g/mol. The van der Waals surface area contributed by atoms with E-state index in [1.54, 1.807) is 13.8 Å². The molecule has 2 N–H and O–H groups in total. The van der Waals surface area contributed by atoms with Crippen LogP contribution in [-0.4, -0.2) is 62.1 Å². The third-order valence-corrected chi connectivity index (χ3v) is 3.28. The molecule has 0 aliphatic heterocycles. The quantitative estimate of drug-likeness (QED) is 0.700. The van der Waals surface area contributed by atoms with Gasteiger partial charge in [0.05, 0.1) is 5.75 Å². The van der Waals surface area contributed by atoms with Gasteiger partial charge in [-0.2, -0.15) is 0 Å². The molecule has 0 aliphatic rings. The van der Waals surface area contributed by atoms with Crippen LogP contribution in [0.15, 0.2) is 0 Å². The van der Waals surface area contributed by atoms with E-state index in [4.69, 9.17) is 5.11 Å². The first-order valence-electron chi connectivity index (χ1n) is 5.46. The molecule has 0 aromatic rings. The Morgan fingerprint density at radius 3 is 2.17 bits per heavy atom. The molecule has 0 aliphatic carbocycles. The normalized spacial score (nSPS) is 13.2. The van der Waals surface area contributed by atoms with Crippen molar-refractivity contribution in [2.45, 2.75) is 19.9 Å². The highest BCUT2D eigenvalue weighted by molar-refractivity contribution is 7.90.